The van der Waals surface area contributed by atoms with Crippen molar-refractivity contribution < 1.29 is 4.74 Å². The predicted octanol–water partition coefficient (Wildman–Crippen LogP) is 1.89. The van der Waals surface area contributed by atoms with Crippen LogP contribution in [0.3, 0.4) is 0 Å². The number of aromatic nitrogens is 1. The number of nitrogens with zero attached hydrogens (tertiary/aromatic N) is 2. The summed E-state index contributed by atoms with van der Waals surface area (Å²) in [4.78, 5) is 7.03. The van der Waals surface area contributed by atoms with Crippen LogP contribution in [0.1, 0.15) is 17.7 Å². The Kier molecular flexibility index (Phi) is 4.93. The van der Waals surface area contributed by atoms with E-state index in [4.69, 9.17) is 9.72 Å². The maximum Gasteiger partial charge on any atom is 0.129 e. The Hall–Kier alpha value is -1.39. The molecule has 1 aliphatic rings. The van der Waals surface area contributed by atoms with Crippen molar-refractivity contribution in [3.63, 3.8) is 0 Å². The van der Waals surface area contributed by atoms with Gasteiger partial charge in [0.15, 0.2) is 0 Å². The molecule has 1 aliphatic heterocycles. The van der Waals surface area contributed by atoms with Crippen molar-refractivity contribution in [1.29, 1.82) is 0 Å². The first-order chi connectivity index (χ1) is 9.24. The van der Waals surface area contributed by atoms with Crippen LogP contribution >= 0.6 is 0 Å². The Labute approximate surface area is 115 Å². The fourth-order valence-corrected chi connectivity index (χ4v) is 2.37. The SMILES string of the molecule is CNCc1ccc(N2CC=C(COC)CC2)nc1C. The molecule has 0 radical (unpaired) electrons. The maximum atomic E-state index is 5.17. The topological polar surface area (TPSA) is 37.4 Å². The summed E-state index contributed by atoms with van der Waals surface area (Å²) >= 11 is 0. The zero-order valence-electron chi connectivity index (χ0n) is 12.1. The number of ether oxygens (including phenoxy) is 1. The van der Waals surface area contributed by atoms with Crippen molar-refractivity contribution in [2.75, 3.05) is 38.8 Å². The van der Waals surface area contributed by atoms with Gasteiger partial charge in [-0.2, -0.15) is 0 Å². The zero-order chi connectivity index (χ0) is 13.7. The van der Waals surface area contributed by atoms with E-state index in [0.717, 1.165) is 44.2 Å². The van der Waals surface area contributed by atoms with Crippen LogP contribution in [0.15, 0.2) is 23.8 Å². The molecular formula is C15H23N3O. The Bertz CT molecular complexity index is 457. The molecule has 4 heteroatoms. The molecule has 4 nitrogen and oxygen atoms in total. The van der Waals surface area contributed by atoms with Gasteiger partial charge in [0.2, 0.25) is 0 Å². The van der Waals surface area contributed by atoms with E-state index in [1.807, 2.05) is 7.05 Å². The van der Waals surface area contributed by atoms with Gasteiger partial charge in [-0.3, -0.25) is 0 Å². The molecule has 1 aromatic heterocycles. The molecule has 2 heterocycles. The summed E-state index contributed by atoms with van der Waals surface area (Å²) < 4.78 is 5.17. The lowest BCUT2D eigenvalue weighted by Gasteiger charge is -2.27. The normalized spacial score (nSPS) is 15.5. The molecule has 0 atom stereocenters. The quantitative estimate of drug-likeness (QED) is 0.821. The Balaban J connectivity index is 2.05. The third-order valence-corrected chi connectivity index (χ3v) is 3.50. The van der Waals surface area contributed by atoms with Gasteiger partial charge in [-0.05, 0) is 37.6 Å². The average molecular weight is 261 g/mol. The van der Waals surface area contributed by atoms with E-state index in [0.29, 0.717) is 0 Å². The van der Waals surface area contributed by atoms with Crippen LogP contribution in [0.5, 0.6) is 0 Å². The van der Waals surface area contributed by atoms with Crippen molar-refractivity contribution in [2.24, 2.45) is 0 Å². The van der Waals surface area contributed by atoms with Crippen molar-refractivity contribution in [3.8, 4) is 0 Å². The van der Waals surface area contributed by atoms with E-state index in [2.05, 4.69) is 35.3 Å². The third kappa shape index (κ3) is 3.55. The molecule has 0 amide bonds. The van der Waals surface area contributed by atoms with E-state index in [1.165, 1.54) is 11.1 Å². The van der Waals surface area contributed by atoms with Gasteiger partial charge in [-0.25, -0.2) is 4.98 Å². The maximum absolute atomic E-state index is 5.17. The van der Waals surface area contributed by atoms with Crippen LogP contribution in [0.25, 0.3) is 0 Å². The van der Waals surface area contributed by atoms with Crippen LogP contribution in [-0.2, 0) is 11.3 Å². The number of rotatable bonds is 5. The van der Waals surface area contributed by atoms with Crippen molar-refractivity contribution in [2.45, 2.75) is 19.9 Å². The molecule has 0 fully saturated rings. The fraction of sp³-hybridized carbons (Fsp3) is 0.533. The van der Waals surface area contributed by atoms with Crippen LogP contribution in [0, 0.1) is 6.92 Å². The molecule has 0 saturated heterocycles. The fourth-order valence-electron chi connectivity index (χ4n) is 2.37. The van der Waals surface area contributed by atoms with Gasteiger partial charge in [0.1, 0.15) is 5.82 Å². The predicted molar refractivity (Wildman–Crippen MR) is 78.5 cm³/mol. The van der Waals surface area contributed by atoms with Crippen LogP contribution in [-0.4, -0.2) is 38.8 Å². The Morgan fingerprint density at radius 3 is 2.84 bits per heavy atom. The summed E-state index contributed by atoms with van der Waals surface area (Å²) in [6.45, 7) is 5.65. The van der Waals surface area contributed by atoms with Gasteiger partial charge >= 0.3 is 0 Å². The standard InChI is InChI=1S/C15H23N3O/c1-12-14(10-16-2)4-5-15(17-12)18-8-6-13(7-9-18)11-19-3/h4-6,16H,7-11H2,1-3H3. The molecule has 2 rings (SSSR count). The monoisotopic (exact) mass is 261 g/mol. The van der Waals surface area contributed by atoms with Gasteiger partial charge in [-0.1, -0.05) is 12.1 Å². The number of hydrogen-bond donors (Lipinski definition) is 1. The number of aryl methyl sites for hydroxylation is 1. The lowest BCUT2D eigenvalue weighted by molar-refractivity contribution is 0.222. The van der Waals surface area contributed by atoms with Gasteiger partial charge < -0.3 is 15.0 Å². The number of methoxy groups -OCH3 is 1. The van der Waals surface area contributed by atoms with Gasteiger partial charge in [0.05, 0.1) is 6.61 Å². The molecule has 0 bridgehead atoms. The summed E-state index contributed by atoms with van der Waals surface area (Å²) in [6.07, 6.45) is 3.32. The highest BCUT2D eigenvalue weighted by Crippen LogP contribution is 2.19. The number of nitrogens with one attached hydrogen (secondary N) is 1. The largest absolute Gasteiger partial charge is 0.380 e. The van der Waals surface area contributed by atoms with Gasteiger partial charge in [0, 0.05) is 32.4 Å². The van der Waals surface area contributed by atoms with Crippen molar-refractivity contribution in [3.05, 3.63) is 35.0 Å². The third-order valence-electron chi connectivity index (χ3n) is 3.50. The second kappa shape index (κ2) is 6.68. The molecule has 1 aromatic rings. The smallest absolute Gasteiger partial charge is 0.129 e. The average Bonchev–Trinajstić information content (AvgIpc) is 2.43. The highest BCUT2D eigenvalue weighted by atomic mass is 16.5. The van der Waals surface area contributed by atoms with Crippen LogP contribution in [0.4, 0.5) is 5.82 Å². The van der Waals surface area contributed by atoms with Gasteiger partial charge in [-0.15, -0.1) is 0 Å². The summed E-state index contributed by atoms with van der Waals surface area (Å²) in [6, 6.07) is 4.29. The van der Waals surface area contributed by atoms with E-state index < -0.39 is 0 Å². The molecule has 0 aliphatic carbocycles. The molecule has 0 saturated carbocycles. The molecular weight excluding hydrogens is 238 g/mol. The summed E-state index contributed by atoms with van der Waals surface area (Å²) in [5.74, 6) is 1.07. The number of pyridine rings is 1. The van der Waals surface area contributed by atoms with E-state index in [1.54, 1.807) is 7.11 Å². The highest BCUT2D eigenvalue weighted by Gasteiger charge is 2.13. The number of hydrogen-bond acceptors (Lipinski definition) is 4. The highest BCUT2D eigenvalue weighted by molar-refractivity contribution is 5.44. The summed E-state index contributed by atoms with van der Waals surface area (Å²) in [5.41, 5.74) is 3.76. The first kappa shape index (κ1) is 14.0. The van der Waals surface area contributed by atoms with E-state index in [-0.39, 0.29) is 0 Å². The van der Waals surface area contributed by atoms with Gasteiger partial charge in [0.25, 0.3) is 0 Å². The minimum Gasteiger partial charge on any atom is -0.380 e. The van der Waals surface area contributed by atoms with E-state index >= 15 is 0 Å². The second-order valence-corrected chi connectivity index (χ2v) is 4.94. The molecule has 1 N–H and O–H groups in total. The molecule has 19 heavy (non-hydrogen) atoms. The molecule has 0 aromatic carbocycles. The Morgan fingerprint density at radius 2 is 2.26 bits per heavy atom. The lowest BCUT2D eigenvalue weighted by atomic mass is 10.1. The number of anilines is 1. The molecule has 104 valence electrons. The first-order valence-corrected chi connectivity index (χ1v) is 6.77. The first-order valence-electron chi connectivity index (χ1n) is 6.77. The van der Waals surface area contributed by atoms with Crippen molar-refractivity contribution >= 4 is 5.82 Å². The van der Waals surface area contributed by atoms with E-state index in [9.17, 15) is 0 Å². The molecule has 0 spiro atoms. The van der Waals surface area contributed by atoms with Crippen molar-refractivity contribution in [1.82, 2.24) is 10.3 Å². The Morgan fingerprint density at radius 1 is 1.42 bits per heavy atom. The molecule has 0 unspecified atom stereocenters. The van der Waals surface area contributed by atoms with Crippen LogP contribution in [0.2, 0.25) is 0 Å². The minimum atomic E-state index is 0.751. The summed E-state index contributed by atoms with van der Waals surface area (Å²) in [5, 5.41) is 3.17. The summed E-state index contributed by atoms with van der Waals surface area (Å²) in [7, 11) is 3.71. The minimum absolute atomic E-state index is 0.751. The zero-order valence-corrected chi connectivity index (χ0v) is 12.1. The van der Waals surface area contributed by atoms with Crippen LogP contribution < -0.4 is 10.2 Å². The lowest BCUT2D eigenvalue weighted by Crippen LogP contribution is -2.30. The second-order valence-electron chi connectivity index (χ2n) is 4.94.